The summed E-state index contributed by atoms with van der Waals surface area (Å²) in [5.74, 6) is -1.81. The quantitative estimate of drug-likeness (QED) is 0.495. The highest BCUT2D eigenvalue weighted by Crippen LogP contribution is 2.44. The molecule has 0 saturated heterocycles. The van der Waals surface area contributed by atoms with Crippen LogP contribution in [-0.4, -0.2) is 26.8 Å². The molecule has 1 aliphatic rings. The number of pyridine rings is 1. The summed E-state index contributed by atoms with van der Waals surface area (Å²) in [6, 6.07) is 11.5. The van der Waals surface area contributed by atoms with Gasteiger partial charge in [-0.2, -0.15) is 0 Å². The molecular formula is C22H15N3O4S. The summed E-state index contributed by atoms with van der Waals surface area (Å²) in [6.07, 6.45) is 4.54. The number of thiazole rings is 1. The van der Waals surface area contributed by atoms with E-state index >= 15 is 0 Å². The van der Waals surface area contributed by atoms with E-state index in [1.165, 1.54) is 28.6 Å². The minimum absolute atomic E-state index is 0.0417. The summed E-state index contributed by atoms with van der Waals surface area (Å²) in [5, 5.41) is 11.1. The SMILES string of the molecule is Cc1ccc2nc(N3C(=O)C(O)=C(C(=O)c4ccco4)C3c3cccnc3)sc2c1. The number of rotatable bonds is 4. The third-order valence-electron chi connectivity index (χ3n) is 4.94. The average Bonchev–Trinajstić information content (AvgIpc) is 3.47. The first-order valence-corrected chi connectivity index (χ1v) is 9.98. The molecule has 1 N–H and O–H groups in total. The third kappa shape index (κ3) is 2.81. The van der Waals surface area contributed by atoms with Crippen molar-refractivity contribution in [2.45, 2.75) is 13.0 Å². The van der Waals surface area contributed by atoms with Crippen LogP contribution >= 0.6 is 11.3 Å². The lowest BCUT2D eigenvalue weighted by molar-refractivity contribution is -0.117. The fourth-order valence-electron chi connectivity index (χ4n) is 3.55. The fourth-order valence-corrected chi connectivity index (χ4v) is 4.64. The van der Waals surface area contributed by atoms with Crippen molar-refractivity contribution in [1.82, 2.24) is 9.97 Å². The molecule has 30 heavy (non-hydrogen) atoms. The lowest BCUT2D eigenvalue weighted by Gasteiger charge is -2.23. The van der Waals surface area contributed by atoms with Gasteiger partial charge in [0.2, 0.25) is 5.78 Å². The zero-order valence-electron chi connectivity index (χ0n) is 15.8. The number of amides is 1. The molecule has 7 nitrogen and oxygen atoms in total. The number of furan rings is 1. The van der Waals surface area contributed by atoms with E-state index in [1.807, 2.05) is 25.1 Å². The smallest absolute Gasteiger partial charge is 0.296 e. The molecule has 1 amide bonds. The number of fused-ring (bicyclic) bond motifs is 1. The van der Waals surface area contributed by atoms with E-state index in [4.69, 9.17) is 4.42 Å². The molecule has 0 bridgehead atoms. The zero-order valence-corrected chi connectivity index (χ0v) is 16.6. The molecule has 0 aliphatic carbocycles. The minimum atomic E-state index is -0.870. The fraction of sp³-hybridized carbons (Fsp3) is 0.0909. The van der Waals surface area contributed by atoms with Gasteiger partial charge in [-0.05, 0) is 48.4 Å². The van der Waals surface area contributed by atoms with Crippen LogP contribution < -0.4 is 4.90 Å². The van der Waals surface area contributed by atoms with Gasteiger partial charge in [0.05, 0.1) is 28.1 Å². The molecule has 3 aromatic heterocycles. The molecule has 5 rings (SSSR count). The van der Waals surface area contributed by atoms with Crippen LogP contribution in [0, 0.1) is 6.92 Å². The number of anilines is 1. The van der Waals surface area contributed by atoms with E-state index in [2.05, 4.69) is 9.97 Å². The van der Waals surface area contributed by atoms with E-state index in [0.29, 0.717) is 10.7 Å². The van der Waals surface area contributed by atoms with E-state index in [9.17, 15) is 14.7 Å². The van der Waals surface area contributed by atoms with Crippen LogP contribution in [0.1, 0.15) is 27.7 Å². The van der Waals surface area contributed by atoms with Gasteiger partial charge in [0.15, 0.2) is 16.7 Å². The number of ketones is 1. The number of hydrogen-bond acceptors (Lipinski definition) is 7. The van der Waals surface area contributed by atoms with Crippen LogP contribution in [0.25, 0.3) is 10.2 Å². The van der Waals surface area contributed by atoms with Gasteiger partial charge in [-0.15, -0.1) is 0 Å². The predicted octanol–water partition coefficient (Wildman–Crippen LogP) is 4.38. The Hall–Kier alpha value is -3.78. The Morgan fingerprint density at radius 1 is 1.23 bits per heavy atom. The van der Waals surface area contributed by atoms with Crippen molar-refractivity contribution >= 4 is 38.4 Å². The van der Waals surface area contributed by atoms with Crippen molar-refractivity contribution in [1.29, 1.82) is 0 Å². The molecule has 0 saturated carbocycles. The number of aliphatic hydroxyl groups is 1. The number of aliphatic hydroxyl groups excluding tert-OH is 1. The number of nitrogens with zero attached hydrogens (tertiary/aromatic N) is 3. The van der Waals surface area contributed by atoms with Gasteiger partial charge in [-0.1, -0.05) is 23.5 Å². The third-order valence-corrected chi connectivity index (χ3v) is 5.95. The summed E-state index contributed by atoms with van der Waals surface area (Å²) < 4.78 is 6.13. The Morgan fingerprint density at radius 3 is 2.83 bits per heavy atom. The second-order valence-corrected chi connectivity index (χ2v) is 7.91. The molecule has 0 radical (unpaired) electrons. The number of aromatic nitrogens is 2. The summed E-state index contributed by atoms with van der Waals surface area (Å²) >= 11 is 1.33. The first-order chi connectivity index (χ1) is 14.5. The van der Waals surface area contributed by atoms with Crippen LogP contribution in [-0.2, 0) is 4.79 Å². The average molecular weight is 417 g/mol. The van der Waals surface area contributed by atoms with Gasteiger partial charge in [-0.3, -0.25) is 19.5 Å². The standard InChI is InChI=1S/C22H15N3O4S/c1-12-6-7-14-16(10-12)30-22(24-14)25-18(13-4-2-8-23-11-13)17(20(27)21(25)28)19(26)15-5-3-9-29-15/h2-11,18,27H,1H3. The van der Waals surface area contributed by atoms with Gasteiger partial charge >= 0.3 is 0 Å². The molecule has 1 aromatic carbocycles. The van der Waals surface area contributed by atoms with Gasteiger partial charge < -0.3 is 9.52 Å². The van der Waals surface area contributed by atoms with Gasteiger partial charge in [0.25, 0.3) is 5.91 Å². The van der Waals surface area contributed by atoms with E-state index in [0.717, 1.165) is 15.8 Å². The highest BCUT2D eigenvalue weighted by Gasteiger charge is 2.46. The molecule has 4 aromatic rings. The first-order valence-electron chi connectivity index (χ1n) is 9.16. The summed E-state index contributed by atoms with van der Waals surface area (Å²) in [6.45, 7) is 1.98. The lowest BCUT2D eigenvalue weighted by Crippen LogP contribution is -2.31. The Balaban J connectivity index is 1.68. The van der Waals surface area contributed by atoms with Gasteiger partial charge in [-0.25, -0.2) is 4.98 Å². The monoisotopic (exact) mass is 417 g/mol. The number of carbonyl (C=O) groups is 2. The molecule has 4 heterocycles. The lowest BCUT2D eigenvalue weighted by atomic mass is 9.96. The summed E-state index contributed by atoms with van der Waals surface area (Å²) in [4.78, 5) is 36.3. The van der Waals surface area contributed by atoms with Crippen molar-refractivity contribution in [3.63, 3.8) is 0 Å². The van der Waals surface area contributed by atoms with Crippen molar-refractivity contribution in [3.8, 4) is 0 Å². The van der Waals surface area contributed by atoms with Crippen LogP contribution in [0.4, 0.5) is 5.13 Å². The zero-order chi connectivity index (χ0) is 20.8. The topological polar surface area (TPSA) is 96.5 Å². The van der Waals surface area contributed by atoms with E-state index in [1.54, 1.807) is 30.6 Å². The second kappa shape index (κ2) is 6.93. The Morgan fingerprint density at radius 2 is 2.10 bits per heavy atom. The van der Waals surface area contributed by atoms with Crippen molar-refractivity contribution < 1.29 is 19.1 Å². The van der Waals surface area contributed by atoms with Crippen LogP contribution in [0.2, 0.25) is 0 Å². The molecule has 148 valence electrons. The number of carbonyl (C=O) groups excluding carboxylic acids is 2. The number of benzene rings is 1. The maximum atomic E-state index is 13.1. The Bertz CT molecular complexity index is 1310. The van der Waals surface area contributed by atoms with Crippen LogP contribution in [0.5, 0.6) is 0 Å². The van der Waals surface area contributed by atoms with Crippen molar-refractivity contribution in [2.24, 2.45) is 0 Å². The molecule has 0 fully saturated rings. The number of hydrogen-bond donors (Lipinski definition) is 1. The largest absolute Gasteiger partial charge is 0.503 e. The van der Waals surface area contributed by atoms with Crippen LogP contribution in [0.15, 0.2) is 76.9 Å². The molecule has 1 atom stereocenters. The van der Waals surface area contributed by atoms with Crippen molar-refractivity contribution in [3.05, 3.63) is 89.3 Å². The predicted molar refractivity (Wildman–Crippen MR) is 112 cm³/mol. The highest BCUT2D eigenvalue weighted by atomic mass is 32.1. The number of Topliss-reactive ketones (excluding diaryl/α,β-unsaturated/α-hetero) is 1. The Kier molecular flexibility index (Phi) is 4.22. The van der Waals surface area contributed by atoms with Gasteiger partial charge in [0, 0.05) is 12.4 Å². The molecule has 8 heteroatoms. The number of aryl methyl sites for hydroxylation is 1. The Labute approximate surface area is 174 Å². The second-order valence-electron chi connectivity index (χ2n) is 6.90. The van der Waals surface area contributed by atoms with Gasteiger partial charge in [0.1, 0.15) is 0 Å². The van der Waals surface area contributed by atoms with E-state index in [-0.39, 0.29) is 11.3 Å². The van der Waals surface area contributed by atoms with Crippen molar-refractivity contribution in [2.75, 3.05) is 4.90 Å². The summed E-state index contributed by atoms with van der Waals surface area (Å²) in [7, 11) is 0. The molecule has 1 unspecified atom stereocenters. The molecule has 1 aliphatic heterocycles. The molecular weight excluding hydrogens is 402 g/mol. The first kappa shape index (κ1) is 18.3. The minimum Gasteiger partial charge on any atom is -0.503 e. The maximum Gasteiger partial charge on any atom is 0.296 e. The summed E-state index contributed by atoms with van der Waals surface area (Å²) in [5.41, 5.74) is 2.34. The van der Waals surface area contributed by atoms with Crippen LogP contribution in [0.3, 0.4) is 0 Å². The maximum absolute atomic E-state index is 13.1. The highest BCUT2D eigenvalue weighted by molar-refractivity contribution is 7.22. The molecule has 0 spiro atoms. The normalized spacial score (nSPS) is 16.6. The van der Waals surface area contributed by atoms with E-state index < -0.39 is 23.5 Å².